The summed E-state index contributed by atoms with van der Waals surface area (Å²) in [5.41, 5.74) is 1.07. The Bertz CT molecular complexity index is 398. The van der Waals surface area contributed by atoms with Crippen LogP contribution in [0.5, 0.6) is 0 Å². The van der Waals surface area contributed by atoms with Crippen LogP contribution < -0.4 is 5.32 Å². The van der Waals surface area contributed by atoms with Crippen molar-refractivity contribution in [1.82, 2.24) is 10.2 Å². The van der Waals surface area contributed by atoms with Gasteiger partial charge in [0.1, 0.15) is 0 Å². The van der Waals surface area contributed by atoms with Crippen LogP contribution in [0, 0.1) is 0 Å². The van der Waals surface area contributed by atoms with Crippen molar-refractivity contribution < 1.29 is 4.79 Å². The van der Waals surface area contributed by atoms with Crippen LogP contribution >= 0.6 is 0 Å². The lowest BCUT2D eigenvalue weighted by atomic mass is 10.1. The Hall–Kier alpha value is -1.35. The second-order valence-electron chi connectivity index (χ2n) is 4.80. The summed E-state index contributed by atoms with van der Waals surface area (Å²) >= 11 is 0. The highest BCUT2D eigenvalue weighted by Gasteiger charge is 2.46. The van der Waals surface area contributed by atoms with E-state index in [4.69, 9.17) is 0 Å². The van der Waals surface area contributed by atoms with E-state index in [1.807, 2.05) is 35.2 Å². The standard InChI is InChI=1S/C13H16N2O/c16-12(11-4-2-1-3-5-11)15-9-8-14-13(10-15)6-7-13/h1-5,14H,6-10H2. The molecule has 3 nitrogen and oxygen atoms in total. The molecule has 1 N–H and O–H groups in total. The number of nitrogens with one attached hydrogen (secondary N) is 1. The van der Waals surface area contributed by atoms with Gasteiger partial charge in [-0.25, -0.2) is 0 Å². The van der Waals surface area contributed by atoms with E-state index >= 15 is 0 Å². The molecule has 0 atom stereocenters. The first-order valence-corrected chi connectivity index (χ1v) is 5.89. The van der Waals surface area contributed by atoms with Crippen molar-refractivity contribution in [3.05, 3.63) is 35.9 Å². The zero-order valence-corrected chi connectivity index (χ0v) is 9.28. The van der Waals surface area contributed by atoms with E-state index in [1.54, 1.807) is 0 Å². The highest BCUT2D eigenvalue weighted by atomic mass is 16.2. The minimum atomic E-state index is 0.174. The van der Waals surface area contributed by atoms with Gasteiger partial charge in [-0.2, -0.15) is 0 Å². The Morgan fingerprint density at radius 3 is 2.69 bits per heavy atom. The van der Waals surface area contributed by atoms with Gasteiger partial charge < -0.3 is 10.2 Å². The summed E-state index contributed by atoms with van der Waals surface area (Å²) in [6.07, 6.45) is 2.43. The van der Waals surface area contributed by atoms with Crippen LogP contribution in [0.15, 0.2) is 30.3 Å². The first-order valence-electron chi connectivity index (χ1n) is 5.89. The molecule has 1 spiro atoms. The predicted octanol–water partition coefficient (Wildman–Crippen LogP) is 1.26. The smallest absolute Gasteiger partial charge is 0.253 e. The number of benzene rings is 1. The van der Waals surface area contributed by atoms with Gasteiger partial charge in [-0.15, -0.1) is 0 Å². The number of rotatable bonds is 1. The molecule has 0 radical (unpaired) electrons. The molecule has 84 valence electrons. The Labute approximate surface area is 95.4 Å². The van der Waals surface area contributed by atoms with Crippen molar-refractivity contribution in [3.8, 4) is 0 Å². The average Bonchev–Trinajstić information content (AvgIpc) is 3.09. The summed E-state index contributed by atoms with van der Waals surface area (Å²) in [5.74, 6) is 0.174. The van der Waals surface area contributed by atoms with Crippen molar-refractivity contribution in [3.63, 3.8) is 0 Å². The molecule has 3 heteroatoms. The molecule has 1 saturated heterocycles. The molecule has 1 aromatic rings. The monoisotopic (exact) mass is 216 g/mol. The second-order valence-corrected chi connectivity index (χ2v) is 4.80. The average molecular weight is 216 g/mol. The maximum absolute atomic E-state index is 12.2. The molecule has 1 aromatic carbocycles. The number of carbonyl (C=O) groups is 1. The molecular weight excluding hydrogens is 200 g/mol. The lowest BCUT2D eigenvalue weighted by Crippen LogP contribution is -2.54. The normalized spacial score (nSPS) is 22.1. The van der Waals surface area contributed by atoms with Gasteiger partial charge in [0.15, 0.2) is 0 Å². The molecule has 0 unspecified atom stereocenters. The second kappa shape index (κ2) is 3.59. The Morgan fingerprint density at radius 1 is 1.25 bits per heavy atom. The number of hydrogen-bond acceptors (Lipinski definition) is 2. The van der Waals surface area contributed by atoms with E-state index in [0.717, 1.165) is 25.2 Å². The fraction of sp³-hybridized carbons (Fsp3) is 0.462. The molecule has 1 heterocycles. The first-order chi connectivity index (χ1) is 7.79. The summed E-state index contributed by atoms with van der Waals surface area (Å²) in [4.78, 5) is 14.2. The summed E-state index contributed by atoms with van der Waals surface area (Å²) in [6, 6.07) is 9.56. The van der Waals surface area contributed by atoms with Gasteiger partial charge in [-0.05, 0) is 25.0 Å². The van der Waals surface area contributed by atoms with Crippen LogP contribution in [-0.2, 0) is 0 Å². The highest BCUT2D eigenvalue weighted by molar-refractivity contribution is 5.94. The van der Waals surface area contributed by atoms with E-state index < -0.39 is 0 Å². The summed E-state index contributed by atoms with van der Waals surface area (Å²) in [6.45, 7) is 2.63. The van der Waals surface area contributed by atoms with E-state index in [0.29, 0.717) is 0 Å². The van der Waals surface area contributed by atoms with Crippen LogP contribution in [0.25, 0.3) is 0 Å². The molecule has 16 heavy (non-hydrogen) atoms. The van der Waals surface area contributed by atoms with E-state index in [2.05, 4.69) is 5.32 Å². The van der Waals surface area contributed by atoms with E-state index in [-0.39, 0.29) is 11.4 Å². The number of hydrogen-bond donors (Lipinski definition) is 1. The van der Waals surface area contributed by atoms with Crippen molar-refractivity contribution in [1.29, 1.82) is 0 Å². The fourth-order valence-electron chi connectivity index (χ4n) is 2.38. The molecule has 0 aromatic heterocycles. The summed E-state index contributed by atoms with van der Waals surface area (Å²) in [5, 5.41) is 3.51. The molecule has 1 aliphatic carbocycles. The van der Waals surface area contributed by atoms with Gasteiger partial charge in [-0.3, -0.25) is 4.79 Å². The van der Waals surface area contributed by atoms with Crippen molar-refractivity contribution in [2.75, 3.05) is 19.6 Å². The number of nitrogens with zero attached hydrogens (tertiary/aromatic N) is 1. The minimum absolute atomic E-state index is 0.174. The molecule has 2 fully saturated rings. The van der Waals surface area contributed by atoms with Crippen molar-refractivity contribution >= 4 is 5.91 Å². The maximum Gasteiger partial charge on any atom is 0.253 e. The van der Waals surface area contributed by atoms with Crippen molar-refractivity contribution in [2.45, 2.75) is 18.4 Å². The number of piperazine rings is 1. The Kier molecular flexibility index (Phi) is 2.21. The van der Waals surface area contributed by atoms with Crippen molar-refractivity contribution in [2.24, 2.45) is 0 Å². The SMILES string of the molecule is O=C(c1ccccc1)N1CCNC2(CC2)C1. The van der Waals surface area contributed by atoms with E-state index in [1.165, 1.54) is 12.8 Å². The molecule has 2 aliphatic rings. The third kappa shape index (κ3) is 1.71. The largest absolute Gasteiger partial charge is 0.336 e. The van der Waals surface area contributed by atoms with Crippen LogP contribution in [0.3, 0.4) is 0 Å². The van der Waals surface area contributed by atoms with E-state index in [9.17, 15) is 4.79 Å². The number of amides is 1. The molecule has 1 aliphatic heterocycles. The Balaban J connectivity index is 1.75. The quantitative estimate of drug-likeness (QED) is 0.766. The molecule has 1 saturated carbocycles. The summed E-state index contributed by atoms with van der Waals surface area (Å²) < 4.78 is 0. The lowest BCUT2D eigenvalue weighted by Gasteiger charge is -2.34. The minimum Gasteiger partial charge on any atom is -0.336 e. The van der Waals surface area contributed by atoms with Crippen LogP contribution in [0.1, 0.15) is 23.2 Å². The lowest BCUT2D eigenvalue weighted by molar-refractivity contribution is 0.0691. The Morgan fingerprint density at radius 2 is 2.00 bits per heavy atom. The van der Waals surface area contributed by atoms with Gasteiger partial charge in [0.05, 0.1) is 0 Å². The fourth-order valence-corrected chi connectivity index (χ4v) is 2.38. The summed E-state index contributed by atoms with van der Waals surface area (Å²) in [7, 11) is 0. The van der Waals surface area contributed by atoms with Gasteiger partial charge >= 0.3 is 0 Å². The molecular formula is C13H16N2O. The van der Waals surface area contributed by atoms with Gasteiger partial charge in [0.25, 0.3) is 5.91 Å². The van der Waals surface area contributed by atoms with Gasteiger partial charge in [0, 0.05) is 30.7 Å². The first kappa shape index (κ1) is 9.85. The number of carbonyl (C=O) groups excluding carboxylic acids is 1. The molecule has 1 amide bonds. The van der Waals surface area contributed by atoms with Gasteiger partial charge in [0.2, 0.25) is 0 Å². The van der Waals surface area contributed by atoms with Crippen LogP contribution in [0.2, 0.25) is 0 Å². The molecule has 3 rings (SSSR count). The van der Waals surface area contributed by atoms with Gasteiger partial charge in [-0.1, -0.05) is 18.2 Å². The third-order valence-electron chi connectivity index (χ3n) is 3.54. The molecule has 0 bridgehead atoms. The topological polar surface area (TPSA) is 32.3 Å². The third-order valence-corrected chi connectivity index (χ3v) is 3.54. The predicted molar refractivity (Wildman–Crippen MR) is 62.3 cm³/mol. The zero-order valence-electron chi connectivity index (χ0n) is 9.28. The van der Waals surface area contributed by atoms with Crippen LogP contribution in [-0.4, -0.2) is 36.0 Å². The highest BCUT2D eigenvalue weighted by Crippen LogP contribution is 2.37. The maximum atomic E-state index is 12.2. The zero-order chi connectivity index (χ0) is 11.0. The van der Waals surface area contributed by atoms with Crippen LogP contribution in [0.4, 0.5) is 0 Å².